The molecule has 0 fully saturated rings. The second-order valence-corrected chi connectivity index (χ2v) is 4.38. The van der Waals surface area contributed by atoms with Gasteiger partial charge < -0.3 is 25.2 Å². The van der Waals surface area contributed by atoms with E-state index in [2.05, 4.69) is 5.32 Å². The lowest BCUT2D eigenvalue weighted by Crippen LogP contribution is -2.45. The van der Waals surface area contributed by atoms with Crippen molar-refractivity contribution in [3.63, 3.8) is 0 Å². The first-order valence-electron chi connectivity index (χ1n) is 6.51. The number of carbonyl (C=O) groups excluding carboxylic acids is 1. The van der Waals surface area contributed by atoms with Crippen molar-refractivity contribution < 1.29 is 24.5 Å². The van der Waals surface area contributed by atoms with Gasteiger partial charge in [-0.25, -0.2) is 9.59 Å². The van der Waals surface area contributed by atoms with Crippen molar-refractivity contribution in [1.82, 2.24) is 10.2 Å². The fraction of sp³-hybridized carbons (Fsp3) is 0.429. The first kappa shape index (κ1) is 16.9. The monoisotopic (exact) mass is 296 g/mol. The van der Waals surface area contributed by atoms with Gasteiger partial charge in [0, 0.05) is 20.2 Å². The van der Waals surface area contributed by atoms with Crippen LogP contribution in [0.3, 0.4) is 0 Å². The molecule has 0 aromatic heterocycles. The zero-order valence-electron chi connectivity index (χ0n) is 11.9. The molecule has 0 radical (unpaired) electrons. The van der Waals surface area contributed by atoms with E-state index in [9.17, 15) is 9.59 Å². The maximum Gasteiger partial charge on any atom is 0.334 e. The van der Waals surface area contributed by atoms with Crippen LogP contribution in [0.15, 0.2) is 30.3 Å². The van der Waals surface area contributed by atoms with Gasteiger partial charge in [0.15, 0.2) is 6.10 Å². The quantitative estimate of drug-likeness (QED) is 0.640. The molecule has 0 heterocycles. The zero-order valence-corrected chi connectivity index (χ0v) is 11.9. The Labute approximate surface area is 123 Å². The number of aliphatic carboxylic acids is 1. The number of nitrogens with one attached hydrogen (secondary N) is 1. The molecule has 1 atom stereocenters. The smallest absolute Gasteiger partial charge is 0.334 e. The van der Waals surface area contributed by atoms with Crippen LogP contribution in [-0.2, 0) is 16.1 Å². The molecule has 1 rings (SSSR count). The van der Waals surface area contributed by atoms with Crippen molar-refractivity contribution in [3.05, 3.63) is 35.9 Å². The number of nitrogens with zero attached hydrogens (tertiary/aromatic N) is 1. The number of urea groups is 1. The van der Waals surface area contributed by atoms with Crippen LogP contribution in [0, 0.1) is 0 Å². The molecule has 7 nitrogen and oxygen atoms in total. The maximum atomic E-state index is 12.0. The van der Waals surface area contributed by atoms with Gasteiger partial charge in [-0.2, -0.15) is 0 Å². The van der Waals surface area contributed by atoms with Crippen LogP contribution in [0.1, 0.15) is 5.56 Å². The van der Waals surface area contributed by atoms with E-state index in [1.165, 1.54) is 12.0 Å². The lowest BCUT2D eigenvalue weighted by molar-refractivity contribution is -0.148. The number of hydrogen-bond acceptors (Lipinski definition) is 4. The highest BCUT2D eigenvalue weighted by atomic mass is 16.5. The lowest BCUT2D eigenvalue weighted by Gasteiger charge is -2.23. The van der Waals surface area contributed by atoms with Crippen molar-refractivity contribution in [2.75, 3.05) is 26.8 Å². The van der Waals surface area contributed by atoms with Gasteiger partial charge in [0.25, 0.3) is 0 Å². The summed E-state index contributed by atoms with van der Waals surface area (Å²) in [6, 6.07) is 8.87. The minimum atomic E-state index is -1.14. The third-order valence-electron chi connectivity index (χ3n) is 2.87. The summed E-state index contributed by atoms with van der Waals surface area (Å²) in [5, 5.41) is 20.4. The Bertz CT molecular complexity index is 452. The Morgan fingerprint density at radius 1 is 1.33 bits per heavy atom. The molecule has 0 aliphatic rings. The molecule has 116 valence electrons. The highest BCUT2D eigenvalue weighted by molar-refractivity contribution is 5.77. The van der Waals surface area contributed by atoms with Crippen LogP contribution >= 0.6 is 0 Å². The molecular weight excluding hydrogens is 276 g/mol. The largest absolute Gasteiger partial charge is 0.479 e. The van der Waals surface area contributed by atoms with Crippen molar-refractivity contribution in [3.8, 4) is 0 Å². The lowest BCUT2D eigenvalue weighted by atomic mass is 10.2. The molecule has 7 heteroatoms. The molecular formula is C14H20N2O5. The molecule has 1 aromatic rings. The van der Waals surface area contributed by atoms with Gasteiger partial charge in [-0.1, -0.05) is 30.3 Å². The maximum absolute atomic E-state index is 12.0. The van der Waals surface area contributed by atoms with E-state index >= 15 is 0 Å². The molecule has 1 unspecified atom stereocenters. The Kier molecular flexibility index (Phi) is 7.20. The number of ether oxygens (including phenoxy) is 1. The average molecular weight is 296 g/mol. The van der Waals surface area contributed by atoms with Crippen LogP contribution in [0.4, 0.5) is 4.79 Å². The summed E-state index contributed by atoms with van der Waals surface area (Å²) in [7, 11) is 1.26. The number of aliphatic hydroxyl groups excluding tert-OH is 1. The molecule has 0 aliphatic heterocycles. The fourth-order valence-corrected chi connectivity index (χ4v) is 1.74. The van der Waals surface area contributed by atoms with E-state index in [1.54, 1.807) is 0 Å². The summed E-state index contributed by atoms with van der Waals surface area (Å²) in [5.74, 6) is -1.14. The van der Waals surface area contributed by atoms with Gasteiger partial charge in [0.05, 0.1) is 13.2 Å². The van der Waals surface area contributed by atoms with E-state index in [1.807, 2.05) is 30.3 Å². The number of carboxylic acid groups (broad SMARTS) is 1. The van der Waals surface area contributed by atoms with Crippen LogP contribution in [0.5, 0.6) is 0 Å². The summed E-state index contributed by atoms with van der Waals surface area (Å²) in [6.45, 7) is 0.178. The van der Waals surface area contributed by atoms with Gasteiger partial charge >= 0.3 is 12.0 Å². The predicted octanol–water partition coefficient (Wildman–Crippen LogP) is 0.290. The third-order valence-corrected chi connectivity index (χ3v) is 2.87. The van der Waals surface area contributed by atoms with E-state index in [4.69, 9.17) is 14.9 Å². The van der Waals surface area contributed by atoms with E-state index in [0.717, 1.165) is 5.56 Å². The van der Waals surface area contributed by atoms with Crippen LogP contribution in [-0.4, -0.2) is 60.0 Å². The number of benzene rings is 1. The van der Waals surface area contributed by atoms with Crippen LogP contribution in [0.2, 0.25) is 0 Å². The number of carboxylic acids is 1. The van der Waals surface area contributed by atoms with Crippen LogP contribution < -0.4 is 5.32 Å². The molecule has 2 amide bonds. The SMILES string of the molecule is COC(CNC(=O)N(CCO)Cc1ccccc1)C(=O)O. The number of rotatable bonds is 8. The van der Waals surface area contributed by atoms with E-state index in [-0.39, 0.29) is 19.7 Å². The molecule has 0 bridgehead atoms. The van der Waals surface area contributed by atoms with Gasteiger partial charge in [0.1, 0.15) is 0 Å². The number of methoxy groups -OCH3 is 1. The van der Waals surface area contributed by atoms with Crippen molar-refractivity contribution in [2.24, 2.45) is 0 Å². The highest BCUT2D eigenvalue weighted by Crippen LogP contribution is 2.04. The summed E-state index contributed by atoms with van der Waals surface area (Å²) in [6.07, 6.45) is -1.10. The first-order valence-corrected chi connectivity index (χ1v) is 6.51. The molecule has 0 aliphatic carbocycles. The van der Waals surface area contributed by atoms with Crippen molar-refractivity contribution >= 4 is 12.0 Å². The highest BCUT2D eigenvalue weighted by Gasteiger charge is 2.19. The number of hydrogen-bond donors (Lipinski definition) is 3. The summed E-state index contributed by atoms with van der Waals surface area (Å²) in [4.78, 5) is 24.2. The van der Waals surface area contributed by atoms with Gasteiger partial charge in [-0.05, 0) is 5.56 Å². The zero-order chi connectivity index (χ0) is 15.7. The molecule has 0 saturated carbocycles. The number of carbonyl (C=O) groups is 2. The molecule has 1 aromatic carbocycles. The Morgan fingerprint density at radius 3 is 2.52 bits per heavy atom. The van der Waals surface area contributed by atoms with Crippen LogP contribution in [0.25, 0.3) is 0 Å². The number of amides is 2. The van der Waals surface area contributed by atoms with Gasteiger partial charge in [-0.15, -0.1) is 0 Å². The number of aliphatic hydroxyl groups is 1. The minimum absolute atomic E-state index is 0.138. The summed E-state index contributed by atoms with van der Waals surface area (Å²) < 4.78 is 4.74. The Morgan fingerprint density at radius 2 is 2.00 bits per heavy atom. The minimum Gasteiger partial charge on any atom is -0.479 e. The van der Waals surface area contributed by atoms with Crippen molar-refractivity contribution in [1.29, 1.82) is 0 Å². The van der Waals surface area contributed by atoms with Crippen molar-refractivity contribution in [2.45, 2.75) is 12.6 Å². The van der Waals surface area contributed by atoms with E-state index in [0.29, 0.717) is 6.54 Å². The second-order valence-electron chi connectivity index (χ2n) is 4.38. The third kappa shape index (κ3) is 5.80. The van der Waals surface area contributed by atoms with Gasteiger partial charge in [0.2, 0.25) is 0 Å². The Hall–Kier alpha value is -2.12. The first-order chi connectivity index (χ1) is 10.1. The standard InChI is InChI=1S/C14H20N2O5/c1-21-12(13(18)19)9-15-14(20)16(7-8-17)10-11-5-3-2-4-6-11/h2-6,12,17H,7-10H2,1H3,(H,15,20)(H,18,19). The van der Waals surface area contributed by atoms with E-state index < -0.39 is 18.1 Å². The molecule has 0 spiro atoms. The second kappa shape index (κ2) is 8.93. The summed E-state index contributed by atoms with van der Waals surface area (Å²) >= 11 is 0. The summed E-state index contributed by atoms with van der Waals surface area (Å²) in [5.41, 5.74) is 0.919. The normalized spacial score (nSPS) is 11.7. The predicted molar refractivity (Wildman–Crippen MR) is 75.8 cm³/mol. The molecule has 3 N–H and O–H groups in total. The Balaban J connectivity index is 2.59. The fourth-order valence-electron chi connectivity index (χ4n) is 1.74. The molecule has 0 saturated heterocycles. The molecule has 21 heavy (non-hydrogen) atoms. The average Bonchev–Trinajstić information content (AvgIpc) is 2.48. The topological polar surface area (TPSA) is 99.1 Å². The van der Waals surface area contributed by atoms with Gasteiger partial charge in [-0.3, -0.25) is 0 Å².